The van der Waals surface area contributed by atoms with Crippen molar-refractivity contribution >= 4 is 27.7 Å². The van der Waals surface area contributed by atoms with Crippen LogP contribution in [0.15, 0.2) is 28.2 Å². The fraction of sp³-hybridized carbons (Fsp3) is 0.385. The number of hydrogen-bond acceptors (Lipinski definition) is 3. The van der Waals surface area contributed by atoms with Gasteiger partial charge in [0.1, 0.15) is 0 Å². The number of benzene rings is 1. The Morgan fingerprint density at radius 3 is 2.78 bits per heavy atom. The molecule has 1 N–H and O–H groups in total. The van der Waals surface area contributed by atoms with Crippen LogP contribution in [0.3, 0.4) is 0 Å². The third-order valence-corrected chi connectivity index (χ3v) is 3.04. The van der Waals surface area contributed by atoms with Gasteiger partial charge in [-0.25, -0.2) is 0 Å². The Kier molecular flexibility index (Phi) is 5.50. The highest BCUT2D eigenvalue weighted by atomic mass is 79.9. The Morgan fingerprint density at radius 1 is 1.56 bits per heavy atom. The molecule has 0 aliphatic carbocycles. The van der Waals surface area contributed by atoms with Crippen molar-refractivity contribution in [3.05, 3.63) is 43.9 Å². The fourth-order valence-electron chi connectivity index (χ4n) is 1.46. The zero-order valence-electron chi connectivity index (χ0n) is 10.7. The summed E-state index contributed by atoms with van der Waals surface area (Å²) in [5.74, 6) is 0. The minimum absolute atomic E-state index is 0.0911. The van der Waals surface area contributed by atoms with Crippen molar-refractivity contribution < 1.29 is 4.92 Å². The van der Waals surface area contributed by atoms with Crippen LogP contribution in [0.5, 0.6) is 0 Å². The van der Waals surface area contributed by atoms with E-state index in [1.807, 2.05) is 19.1 Å². The summed E-state index contributed by atoms with van der Waals surface area (Å²) < 4.78 is 0.502. The molecule has 0 aliphatic heterocycles. The molecule has 1 aromatic rings. The van der Waals surface area contributed by atoms with Crippen molar-refractivity contribution in [3.63, 3.8) is 0 Å². The van der Waals surface area contributed by atoms with E-state index < -0.39 is 0 Å². The number of nitrogens with zero attached hydrogens (tertiary/aromatic N) is 1. The van der Waals surface area contributed by atoms with E-state index in [4.69, 9.17) is 0 Å². The van der Waals surface area contributed by atoms with Crippen LogP contribution in [0.2, 0.25) is 0 Å². The maximum absolute atomic E-state index is 10.8. The van der Waals surface area contributed by atoms with Crippen LogP contribution in [0.4, 0.5) is 5.69 Å². The number of hydrogen-bond donors (Lipinski definition) is 1. The van der Waals surface area contributed by atoms with E-state index in [1.165, 1.54) is 0 Å². The summed E-state index contributed by atoms with van der Waals surface area (Å²) in [7, 11) is 0. The van der Waals surface area contributed by atoms with E-state index in [2.05, 4.69) is 35.1 Å². The molecule has 0 spiro atoms. The molecular weight excluding hydrogens is 296 g/mol. The lowest BCUT2D eigenvalue weighted by atomic mass is 10.1. The average Bonchev–Trinajstić information content (AvgIpc) is 2.28. The zero-order valence-corrected chi connectivity index (χ0v) is 12.3. The summed E-state index contributed by atoms with van der Waals surface area (Å²) in [4.78, 5) is 10.4. The van der Waals surface area contributed by atoms with Crippen molar-refractivity contribution in [3.8, 4) is 0 Å². The number of nitro groups is 1. The second kappa shape index (κ2) is 6.66. The second-order valence-electron chi connectivity index (χ2n) is 4.49. The van der Waals surface area contributed by atoms with Gasteiger partial charge in [-0.15, -0.1) is 0 Å². The molecule has 0 bridgehead atoms. The minimum Gasteiger partial charge on any atom is -0.311 e. The maximum Gasteiger partial charge on any atom is 0.284 e. The Bertz CT molecular complexity index is 470. The monoisotopic (exact) mass is 312 g/mol. The van der Waals surface area contributed by atoms with E-state index in [0.29, 0.717) is 10.5 Å². The van der Waals surface area contributed by atoms with Gasteiger partial charge in [0.2, 0.25) is 0 Å². The Morgan fingerprint density at radius 2 is 2.22 bits per heavy atom. The van der Waals surface area contributed by atoms with E-state index in [-0.39, 0.29) is 10.6 Å². The highest BCUT2D eigenvalue weighted by Crippen LogP contribution is 2.26. The normalized spacial score (nSPS) is 11.9. The van der Waals surface area contributed by atoms with Gasteiger partial charge in [0.25, 0.3) is 5.69 Å². The highest BCUT2D eigenvalue weighted by molar-refractivity contribution is 9.10. The van der Waals surface area contributed by atoms with Gasteiger partial charge in [0, 0.05) is 18.7 Å². The summed E-state index contributed by atoms with van der Waals surface area (Å²) in [6.07, 6.45) is 1.95. The first-order chi connectivity index (χ1) is 8.40. The third-order valence-electron chi connectivity index (χ3n) is 2.37. The molecule has 4 nitrogen and oxygen atoms in total. The SMILES string of the molecule is CC(=Cc1ccc(Br)c([N+](=O)[O-])c1)CNC(C)C. The predicted octanol–water partition coefficient (Wildman–Crippen LogP) is 3.76. The first-order valence-electron chi connectivity index (χ1n) is 5.74. The third kappa shape index (κ3) is 4.58. The standard InChI is InChI=1S/C13H17BrN2O2/c1-9(2)15-8-10(3)6-11-4-5-12(14)13(7-11)16(17)18/h4-7,9,15H,8H2,1-3H3. The molecule has 0 heterocycles. The molecule has 1 aromatic carbocycles. The van der Waals surface area contributed by atoms with Crippen LogP contribution in [0, 0.1) is 10.1 Å². The van der Waals surface area contributed by atoms with Gasteiger partial charge >= 0.3 is 0 Å². The predicted molar refractivity (Wildman–Crippen MR) is 77.6 cm³/mol. The summed E-state index contributed by atoms with van der Waals surface area (Å²) in [6, 6.07) is 5.55. The van der Waals surface area contributed by atoms with Crippen LogP contribution in [0.1, 0.15) is 26.3 Å². The zero-order chi connectivity index (χ0) is 13.7. The largest absolute Gasteiger partial charge is 0.311 e. The van der Waals surface area contributed by atoms with E-state index in [1.54, 1.807) is 12.1 Å². The van der Waals surface area contributed by atoms with Gasteiger partial charge in [0.05, 0.1) is 9.40 Å². The summed E-state index contributed by atoms with van der Waals surface area (Å²) in [5.41, 5.74) is 2.07. The van der Waals surface area contributed by atoms with Crippen LogP contribution in [0.25, 0.3) is 6.08 Å². The van der Waals surface area contributed by atoms with Gasteiger partial charge in [-0.1, -0.05) is 31.6 Å². The topological polar surface area (TPSA) is 55.2 Å². The van der Waals surface area contributed by atoms with E-state index in [9.17, 15) is 10.1 Å². The van der Waals surface area contributed by atoms with Crippen molar-refractivity contribution in [1.82, 2.24) is 5.32 Å². The van der Waals surface area contributed by atoms with Crippen LogP contribution >= 0.6 is 15.9 Å². The van der Waals surface area contributed by atoms with Crippen LogP contribution in [-0.4, -0.2) is 17.5 Å². The van der Waals surface area contributed by atoms with E-state index in [0.717, 1.165) is 17.7 Å². The maximum atomic E-state index is 10.8. The quantitative estimate of drug-likeness (QED) is 0.665. The summed E-state index contributed by atoms with van der Waals surface area (Å²) in [6.45, 7) is 6.94. The molecule has 1 rings (SSSR count). The average molecular weight is 313 g/mol. The smallest absolute Gasteiger partial charge is 0.284 e. The van der Waals surface area contributed by atoms with E-state index >= 15 is 0 Å². The van der Waals surface area contributed by atoms with Gasteiger partial charge < -0.3 is 5.32 Å². The molecule has 18 heavy (non-hydrogen) atoms. The molecule has 0 saturated carbocycles. The first kappa shape index (κ1) is 14.9. The minimum atomic E-state index is -0.386. The molecule has 0 fully saturated rings. The summed E-state index contributed by atoms with van der Waals surface area (Å²) in [5, 5.41) is 14.1. The summed E-state index contributed by atoms with van der Waals surface area (Å²) >= 11 is 3.17. The van der Waals surface area contributed by atoms with Crippen molar-refractivity contribution in [2.75, 3.05) is 6.54 Å². The molecule has 0 radical (unpaired) electrons. The molecule has 0 aliphatic rings. The molecule has 98 valence electrons. The van der Waals surface area contributed by atoms with Gasteiger partial charge in [-0.2, -0.15) is 0 Å². The lowest BCUT2D eigenvalue weighted by molar-refractivity contribution is -0.385. The molecule has 0 amide bonds. The lowest BCUT2D eigenvalue weighted by Gasteiger charge is -2.08. The number of nitro benzene ring substituents is 1. The van der Waals surface area contributed by atoms with Crippen LogP contribution in [-0.2, 0) is 0 Å². The molecular formula is C13H17BrN2O2. The Labute approximate surface area is 115 Å². The molecule has 0 aromatic heterocycles. The molecule has 0 unspecified atom stereocenters. The van der Waals surface area contributed by atoms with Gasteiger partial charge in [0.15, 0.2) is 0 Å². The second-order valence-corrected chi connectivity index (χ2v) is 5.35. The molecule has 0 saturated heterocycles. The Balaban J connectivity index is 2.87. The molecule has 5 heteroatoms. The lowest BCUT2D eigenvalue weighted by Crippen LogP contribution is -2.24. The van der Waals surface area contributed by atoms with Gasteiger partial charge in [-0.05, 0) is 34.5 Å². The van der Waals surface area contributed by atoms with Crippen LogP contribution < -0.4 is 5.32 Å². The van der Waals surface area contributed by atoms with Crippen molar-refractivity contribution in [2.45, 2.75) is 26.8 Å². The fourth-order valence-corrected chi connectivity index (χ4v) is 1.85. The number of halogens is 1. The Hall–Kier alpha value is -1.20. The number of rotatable bonds is 5. The first-order valence-corrected chi connectivity index (χ1v) is 6.54. The van der Waals surface area contributed by atoms with Crippen molar-refractivity contribution in [1.29, 1.82) is 0 Å². The van der Waals surface area contributed by atoms with Gasteiger partial charge in [-0.3, -0.25) is 10.1 Å². The molecule has 0 atom stereocenters. The van der Waals surface area contributed by atoms with Crippen molar-refractivity contribution in [2.24, 2.45) is 0 Å². The number of nitrogens with one attached hydrogen (secondary N) is 1. The highest BCUT2D eigenvalue weighted by Gasteiger charge is 2.11.